The molecule has 2 heterocycles. The second-order valence-corrected chi connectivity index (χ2v) is 5.78. The molecule has 2 bridgehead atoms. The van der Waals surface area contributed by atoms with Gasteiger partial charge in [-0.1, -0.05) is 42.5 Å². The molecule has 4 rings (SSSR count). The fourth-order valence-corrected chi connectivity index (χ4v) is 3.28. The third kappa shape index (κ3) is 3.10. The molecule has 4 nitrogen and oxygen atoms in total. The third-order valence-corrected chi connectivity index (χ3v) is 4.28. The van der Waals surface area contributed by atoms with E-state index >= 15 is 0 Å². The van der Waals surface area contributed by atoms with Crippen molar-refractivity contribution in [3.63, 3.8) is 0 Å². The van der Waals surface area contributed by atoms with Crippen LogP contribution in [0.3, 0.4) is 0 Å². The SMILES string of the molecule is COCC1CC2C=CC1N(C(=O)OCc1ccccc1)C2. The van der Waals surface area contributed by atoms with Crippen molar-refractivity contribution >= 4 is 6.09 Å². The number of piperidine rings is 1. The summed E-state index contributed by atoms with van der Waals surface area (Å²) in [6, 6.07) is 9.88. The van der Waals surface area contributed by atoms with Gasteiger partial charge in [0.15, 0.2) is 0 Å². The number of hydrogen-bond donors (Lipinski definition) is 0. The van der Waals surface area contributed by atoms with Gasteiger partial charge in [0, 0.05) is 19.6 Å². The quantitative estimate of drug-likeness (QED) is 0.799. The molecule has 1 amide bonds. The molecule has 0 radical (unpaired) electrons. The maximum absolute atomic E-state index is 12.3. The standard InChI is InChI=1S/C17H21NO3/c1-20-12-15-9-14-7-8-16(15)18(10-14)17(19)21-11-13-5-3-2-4-6-13/h2-8,14-16H,9-12H2,1H3. The van der Waals surface area contributed by atoms with Crippen LogP contribution in [0.15, 0.2) is 42.5 Å². The van der Waals surface area contributed by atoms with E-state index in [-0.39, 0.29) is 12.1 Å². The first-order valence-electron chi connectivity index (χ1n) is 7.42. The Balaban J connectivity index is 1.61. The third-order valence-electron chi connectivity index (χ3n) is 4.28. The van der Waals surface area contributed by atoms with Gasteiger partial charge in [-0.05, 0) is 17.9 Å². The molecule has 1 fully saturated rings. The summed E-state index contributed by atoms with van der Waals surface area (Å²) < 4.78 is 10.7. The van der Waals surface area contributed by atoms with Crippen molar-refractivity contribution in [2.45, 2.75) is 19.1 Å². The minimum absolute atomic E-state index is 0.109. The van der Waals surface area contributed by atoms with Crippen LogP contribution in [0.4, 0.5) is 4.79 Å². The minimum Gasteiger partial charge on any atom is -0.445 e. The molecule has 1 aromatic carbocycles. The second-order valence-electron chi connectivity index (χ2n) is 5.78. The monoisotopic (exact) mass is 287 g/mol. The van der Waals surface area contributed by atoms with E-state index in [9.17, 15) is 4.79 Å². The maximum Gasteiger partial charge on any atom is 0.410 e. The number of nitrogens with zero attached hydrogens (tertiary/aromatic N) is 1. The minimum atomic E-state index is -0.223. The van der Waals surface area contributed by atoms with Crippen LogP contribution in [0.2, 0.25) is 0 Å². The number of methoxy groups -OCH3 is 1. The van der Waals surface area contributed by atoms with Gasteiger partial charge >= 0.3 is 6.09 Å². The highest BCUT2D eigenvalue weighted by atomic mass is 16.6. The Kier molecular flexibility index (Phi) is 4.25. The smallest absolute Gasteiger partial charge is 0.410 e. The van der Waals surface area contributed by atoms with Crippen molar-refractivity contribution in [3.05, 3.63) is 48.0 Å². The number of benzene rings is 1. The van der Waals surface area contributed by atoms with Crippen LogP contribution < -0.4 is 0 Å². The van der Waals surface area contributed by atoms with Crippen LogP contribution in [0.1, 0.15) is 12.0 Å². The summed E-state index contributed by atoms with van der Waals surface area (Å²) in [6.07, 6.45) is 5.22. The number of rotatable bonds is 4. The highest BCUT2D eigenvalue weighted by Crippen LogP contribution is 2.34. The lowest BCUT2D eigenvalue weighted by Gasteiger charge is -2.45. The molecule has 1 aliphatic carbocycles. The van der Waals surface area contributed by atoms with Crippen molar-refractivity contribution in [1.82, 2.24) is 4.90 Å². The van der Waals surface area contributed by atoms with Crippen molar-refractivity contribution in [2.24, 2.45) is 11.8 Å². The number of fused-ring (bicyclic) bond motifs is 2. The van der Waals surface area contributed by atoms with Crippen LogP contribution in [0.5, 0.6) is 0 Å². The van der Waals surface area contributed by atoms with Crippen LogP contribution >= 0.6 is 0 Å². The first-order valence-corrected chi connectivity index (χ1v) is 7.42. The van der Waals surface area contributed by atoms with Crippen LogP contribution in [0, 0.1) is 11.8 Å². The van der Waals surface area contributed by atoms with Crippen LogP contribution in [0.25, 0.3) is 0 Å². The molecular weight excluding hydrogens is 266 g/mol. The Morgan fingerprint density at radius 3 is 2.81 bits per heavy atom. The number of carbonyl (C=O) groups is 1. The summed E-state index contributed by atoms with van der Waals surface area (Å²) in [5.41, 5.74) is 1.01. The molecule has 0 spiro atoms. The predicted octanol–water partition coefficient (Wildman–Crippen LogP) is 2.85. The molecule has 3 aliphatic rings. The Hall–Kier alpha value is -1.81. The lowest BCUT2D eigenvalue weighted by molar-refractivity contribution is 0.0205. The highest BCUT2D eigenvalue weighted by molar-refractivity contribution is 5.69. The van der Waals surface area contributed by atoms with Crippen molar-refractivity contribution in [3.8, 4) is 0 Å². The summed E-state index contributed by atoms with van der Waals surface area (Å²) in [5.74, 6) is 0.808. The highest BCUT2D eigenvalue weighted by Gasteiger charge is 2.40. The zero-order chi connectivity index (χ0) is 14.7. The molecule has 112 valence electrons. The van der Waals surface area contributed by atoms with Gasteiger partial charge in [-0.25, -0.2) is 4.79 Å². The van der Waals surface area contributed by atoms with E-state index in [1.54, 1.807) is 7.11 Å². The second kappa shape index (κ2) is 6.31. The van der Waals surface area contributed by atoms with Crippen molar-refractivity contribution in [1.29, 1.82) is 0 Å². The van der Waals surface area contributed by atoms with Crippen LogP contribution in [-0.2, 0) is 16.1 Å². The average molecular weight is 287 g/mol. The fourth-order valence-electron chi connectivity index (χ4n) is 3.28. The number of ether oxygens (including phenoxy) is 2. The maximum atomic E-state index is 12.3. The van der Waals surface area contributed by atoms with E-state index in [0.29, 0.717) is 25.0 Å². The first-order chi connectivity index (χ1) is 10.3. The van der Waals surface area contributed by atoms with Gasteiger partial charge in [0.2, 0.25) is 0 Å². The lowest BCUT2D eigenvalue weighted by Crippen LogP contribution is -2.54. The van der Waals surface area contributed by atoms with Crippen LogP contribution in [-0.4, -0.2) is 37.3 Å². The Morgan fingerprint density at radius 1 is 1.29 bits per heavy atom. The zero-order valence-electron chi connectivity index (χ0n) is 12.3. The van der Waals surface area contributed by atoms with Gasteiger partial charge in [0.25, 0.3) is 0 Å². The van der Waals surface area contributed by atoms with E-state index < -0.39 is 0 Å². The van der Waals surface area contributed by atoms with Gasteiger partial charge in [0.05, 0.1) is 12.6 Å². The summed E-state index contributed by atoms with van der Waals surface area (Å²) in [6.45, 7) is 1.77. The molecule has 1 saturated heterocycles. The molecule has 0 N–H and O–H groups in total. The number of amides is 1. The fraction of sp³-hybridized carbons (Fsp3) is 0.471. The molecule has 0 saturated carbocycles. The summed E-state index contributed by atoms with van der Waals surface area (Å²) in [4.78, 5) is 14.2. The summed E-state index contributed by atoms with van der Waals surface area (Å²) >= 11 is 0. The number of carbonyl (C=O) groups excluding carboxylic acids is 1. The normalized spacial score (nSPS) is 26.9. The molecule has 2 aliphatic heterocycles. The Labute approximate surface area is 125 Å². The van der Waals surface area contributed by atoms with Gasteiger partial charge in [-0.15, -0.1) is 0 Å². The summed E-state index contributed by atoms with van der Waals surface area (Å²) in [7, 11) is 1.71. The average Bonchev–Trinajstić information content (AvgIpc) is 2.54. The van der Waals surface area contributed by atoms with Gasteiger partial charge < -0.3 is 14.4 Å². The molecule has 4 heteroatoms. The largest absolute Gasteiger partial charge is 0.445 e. The molecule has 3 unspecified atom stereocenters. The molecular formula is C17H21NO3. The van der Waals surface area contributed by atoms with Gasteiger partial charge in [0.1, 0.15) is 6.61 Å². The van der Waals surface area contributed by atoms with Crippen molar-refractivity contribution in [2.75, 3.05) is 20.3 Å². The molecule has 3 atom stereocenters. The van der Waals surface area contributed by atoms with Gasteiger partial charge in [-0.3, -0.25) is 0 Å². The van der Waals surface area contributed by atoms with E-state index in [1.807, 2.05) is 35.2 Å². The Morgan fingerprint density at radius 2 is 2.10 bits per heavy atom. The Bertz CT molecular complexity index is 514. The van der Waals surface area contributed by atoms with Gasteiger partial charge in [-0.2, -0.15) is 0 Å². The lowest BCUT2D eigenvalue weighted by atomic mass is 9.78. The summed E-state index contributed by atoms with van der Waals surface area (Å²) in [5, 5.41) is 0. The first kappa shape index (κ1) is 14.1. The van der Waals surface area contributed by atoms with Crippen molar-refractivity contribution < 1.29 is 14.3 Å². The van der Waals surface area contributed by atoms with E-state index in [4.69, 9.17) is 9.47 Å². The van der Waals surface area contributed by atoms with E-state index in [0.717, 1.165) is 18.5 Å². The van der Waals surface area contributed by atoms with E-state index in [1.165, 1.54) is 0 Å². The van der Waals surface area contributed by atoms with E-state index in [2.05, 4.69) is 12.2 Å². The molecule has 0 aromatic heterocycles. The molecule has 21 heavy (non-hydrogen) atoms. The topological polar surface area (TPSA) is 38.8 Å². The molecule has 1 aromatic rings. The predicted molar refractivity (Wildman–Crippen MR) is 79.7 cm³/mol. The number of hydrogen-bond acceptors (Lipinski definition) is 3. The zero-order valence-corrected chi connectivity index (χ0v) is 12.3.